The van der Waals surface area contributed by atoms with Gasteiger partial charge in [-0.05, 0) is 59.8 Å². The van der Waals surface area contributed by atoms with Crippen molar-refractivity contribution in [3.8, 4) is 11.3 Å². The van der Waals surface area contributed by atoms with Crippen LogP contribution in [0.4, 0.5) is 17.6 Å². The monoisotopic (exact) mass is 377 g/mol. The van der Waals surface area contributed by atoms with Crippen LogP contribution in [-0.2, 0) is 13.5 Å². The van der Waals surface area contributed by atoms with E-state index >= 15 is 0 Å². The normalized spacial score (nSPS) is 12.6. The molecule has 0 amide bonds. The van der Waals surface area contributed by atoms with Crippen molar-refractivity contribution in [3.05, 3.63) is 59.7 Å². The highest BCUT2D eigenvalue weighted by Gasteiger charge is 2.47. The lowest BCUT2D eigenvalue weighted by molar-refractivity contribution is -0.662. The molecule has 0 saturated heterocycles. The molecule has 27 heavy (non-hydrogen) atoms. The molecule has 0 N–H and O–H groups in total. The number of halogens is 4. The first-order valence-corrected chi connectivity index (χ1v) is 8.60. The van der Waals surface area contributed by atoms with Crippen LogP contribution in [0.25, 0.3) is 22.2 Å². The average molecular weight is 377 g/mol. The maximum Gasteiger partial charge on any atom is 0.394 e. The molecule has 0 saturated carbocycles. The fourth-order valence-electron chi connectivity index (χ4n) is 3.23. The Morgan fingerprint density at radius 2 is 1.74 bits per heavy atom. The maximum absolute atomic E-state index is 13.5. The van der Waals surface area contributed by atoms with Crippen LogP contribution in [-0.4, -0.2) is 11.2 Å². The SMILES string of the molecule is Cc1cc(F)ccc1-c1c2ccc(CC(C)(C)C(F)(F)F)cc2nc[n+]1C. The molecule has 0 aliphatic rings. The first kappa shape index (κ1) is 19.3. The average Bonchev–Trinajstić information content (AvgIpc) is 2.54. The van der Waals surface area contributed by atoms with E-state index in [2.05, 4.69) is 4.98 Å². The molecule has 6 heteroatoms. The minimum atomic E-state index is -4.28. The summed E-state index contributed by atoms with van der Waals surface area (Å²) in [4.78, 5) is 4.37. The lowest BCUT2D eigenvalue weighted by Gasteiger charge is -2.27. The summed E-state index contributed by atoms with van der Waals surface area (Å²) in [5.41, 5.74) is 1.85. The van der Waals surface area contributed by atoms with Gasteiger partial charge in [0, 0.05) is 5.56 Å². The van der Waals surface area contributed by atoms with Gasteiger partial charge in [0.1, 0.15) is 11.5 Å². The van der Waals surface area contributed by atoms with Crippen LogP contribution in [0.2, 0.25) is 0 Å². The maximum atomic E-state index is 13.5. The molecule has 2 nitrogen and oxygen atoms in total. The molecular formula is C21H21F4N2+. The molecule has 2 aromatic carbocycles. The molecule has 0 spiro atoms. The van der Waals surface area contributed by atoms with Gasteiger partial charge < -0.3 is 0 Å². The molecule has 0 unspecified atom stereocenters. The summed E-state index contributed by atoms with van der Waals surface area (Å²) in [5, 5.41) is 0.809. The molecule has 3 aromatic rings. The quantitative estimate of drug-likeness (QED) is 0.447. The van der Waals surface area contributed by atoms with E-state index < -0.39 is 11.6 Å². The van der Waals surface area contributed by atoms with Crippen LogP contribution in [0.1, 0.15) is 25.0 Å². The summed E-state index contributed by atoms with van der Waals surface area (Å²) >= 11 is 0. The van der Waals surface area contributed by atoms with E-state index in [-0.39, 0.29) is 12.2 Å². The second-order valence-corrected chi connectivity index (χ2v) is 7.57. The molecule has 1 aromatic heterocycles. The van der Waals surface area contributed by atoms with Gasteiger partial charge in [0.15, 0.2) is 5.52 Å². The number of fused-ring (bicyclic) bond motifs is 1. The fourth-order valence-corrected chi connectivity index (χ4v) is 3.23. The molecule has 0 aliphatic carbocycles. The Bertz CT molecular complexity index is 1010. The van der Waals surface area contributed by atoms with E-state index in [1.54, 1.807) is 30.6 Å². The van der Waals surface area contributed by atoms with Crippen molar-refractivity contribution in [2.24, 2.45) is 12.5 Å². The van der Waals surface area contributed by atoms with Gasteiger partial charge in [-0.25, -0.2) is 8.96 Å². The van der Waals surface area contributed by atoms with E-state index in [1.807, 2.05) is 18.5 Å². The molecule has 3 rings (SSSR count). The number of aryl methyl sites for hydroxylation is 2. The Morgan fingerprint density at radius 3 is 2.37 bits per heavy atom. The largest absolute Gasteiger partial charge is 0.394 e. The van der Waals surface area contributed by atoms with Gasteiger partial charge in [0.05, 0.1) is 17.8 Å². The van der Waals surface area contributed by atoms with Crippen LogP contribution in [0.15, 0.2) is 42.7 Å². The van der Waals surface area contributed by atoms with Crippen LogP contribution in [0, 0.1) is 18.2 Å². The van der Waals surface area contributed by atoms with Crippen LogP contribution < -0.4 is 4.57 Å². The number of hydrogen-bond acceptors (Lipinski definition) is 1. The molecule has 142 valence electrons. The lowest BCUT2D eigenvalue weighted by Crippen LogP contribution is -2.34. The third-order valence-electron chi connectivity index (χ3n) is 4.90. The zero-order valence-corrected chi connectivity index (χ0v) is 15.7. The Labute approximate surface area is 155 Å². The van der Waals surface area contributed by atoms with Gasteiger partial charge in [-0.1, -0.05) is 19.9 Å². The van der Waals surface area contributed by atoms with Crippen LogP contribution >= 0.6 is 0 Å². The van der Waals surface area contributed by atoms with Crippen LogP contribution in [0.3, 0.4) is 0 Å². The first-order chi connectivity index (χ1) is 12.5. The van der Waals surface area contributed by atoms with E-state index in [1.165, 1.54) is 26.0 Å². The summed E-state index contributed by atoms with van der Waals surface area (Å²) in [6.07, 6.45) is -2.78. The number of rotatable bonds is 3. The summed E-state index contributed by atoms with van der Waals surface area (Å²) in [6.45, 7) is 4.22. The van der Waals surface area contributed by atoms with Crippen molar-refractivity contribution < 1.29 is 22.1 Å². The number of alkyl halides is 3. The van der Waals surface area contributed by atoms with E-state index in [0.29, 0.717) is 11.1 Å². The smallest absolute Gasteiger partial charge is 0.232 e. The summed E-state index contributed by atoms with van der Waals surface area (Å²) < 4.78 is 54.9. The number of benzene rings is 2. The topological polar surface area (TPSA) is 16.8 Å². The van der Waals surface area contributed by atoms with Gasteiger partial charge in [0.25, 0.3) is 6.33 Å². The predicted molar refractivity (Wildman–Crippen MR) is 96.6 cm³/mol. The fraction of sp³-hybridized carbons (Fsp3) is 0.333. The summed E-state index contributed by atoms with van der Waals surface area (Å²) in [7, 11) is 1.84. The van der Waals surface area contributed by atoms with Gasteiger partial charge in [0.2, 0.25) is 0 Å². The van der Waals surface area contributed by atoms with Crippen molar-refractivity contribution in [1.82, 2.24) is 4.98 Å². The Hall–Kier alpha value is -2.50. The van der Waals surface area contributed by atoms with Gasteiger partial charge in [-0.3, -0.25) is 0 Å². The zero-order chi connectivity index (χ0) is 20.0. The molecule has 0 atom stereocenters. The second kappa shape index (κ2) is 6.59. The molecule has 0 aliphatic heterocycles. The minimum absolute atomic E-state index is 0.125. The lowest BCUT2D eigenvalue weighted by atomic mass is 9.84. The van der Waals surface area contributed by atoms with Gasteiger partial charge in [-0.2, -0.15) is 13.2 Å². The van der Waals surface area contributed by atoms with E-state index in [9.17, 15) is 17.6 Å². The minimum Gasteiger partial charge on any atom is -0.232 e. The standard InChI is InChI=1S/C21H21F4N2/c1-13-9-15(22)6-8-16(13)19-17-7-5-14(10-18(17)26-12-27(19)4)11-20(2,3)21(23,24)25/h5-10,12H,11H2,1-4H3/q+1. The zero-order valence-electron chi connectivity index (χ0n) is 15.7. The van der Waals surface area contributed by atoms with Crippen molar-refractivity contribution in [1.29, 1.82) is 0 Å². The predicted octanol–water partition coefficient (Wildman–Crippen LogP) is 5.30. The third kappa shape index (κ3) is 3.66. The third-order valence-corrected chi connectivity index (χ3v) is 4.90. The Morgan fingerprint density at radius 1 is 1.04 bits per heavy atom. The highest BCUT2D eigenvalue weighted by atomic mass is 19.4. The van der Waals surface area contributed by atoms with E-state index in [4.69, 9.17) is 0 Å². The number of aromatic nitrogens is 2. The van der Waals surface area contributed by atoms with Crippen molar-refractivity contribution >= 4 is 10.9 Å². The van der Waals surface area contributed by atoms with Crippen molar-refractivity contribution in [2.75, 3.05) is 0 Å². The Balaban J connectivity index is 2.12. The molecule has 1 heterocycles. The summed E-state index contributed by atoms with van der Waals surface area (Å²) in [5.74, 6) is -0.311. The van der Waals surface area contributed by atoms with Gasteiger partial charge >= 0.3 is 6.18 Å². The second-order valence-electron chi connectivity index (χ2n) is 7.57. The number of hydrogen-bond donors (Lipinski definition) is 0. The highest BCUT2D eigenvalue weighted by Crippen LogP contribution is 2.40. The van der Waals surface area contributed by atoms with Crippen molar-refractivity contribution in [3.63, 3.8) is 0 Å². The van der Waals surface area contributed by atoms with Crippen LogP contribution in [0.5, 0.6) is 0 Å². The highest BCUT2D eigenvalue weighted by molar-refractivity contribution is 5.91. The van der Waals surface area contributed by atoms with Crippen molar-refractivity contribution in [2.45, 2.75) is 33.4 Å². The summed E-state index contributed by atoms with van der Waals surface area (Å²) in [6, 6.07) is 9.77. The molecule has 0 radical (unpaired) electrons. The Kier molecular flexibility index (Phi) is 4.70. The first-order valence-electron chi connectivity index (χ1n) is 8.60. The molecular weight excluding hydrogens is 356 g/mol. The van der Waals surface area contributed by atoms with E-state index in [0.717, 1.165) is 22.2 Å². The molecule has 0 fully saturated rings. The van der Waals surface area contributed by atoms with Gasteiger partial charge in [-0.15, -0.1) is 0 Å². The molecule has 0 bridgehead atoms. The number of nitrogens with zero attached hydrogens (tertiary/aromatic N) is 2.